The zero-order valence-corrected chi connectivity index (χ0v) is 27.4. The summed E-state index contributed by atoms with van der Waals surface area (Å²) in [7, 11) is -6.45. The summed E-state index contributed by atoms with van der Waals surface area (Å²) in [6.45, 7) is 4.68. The maximum atomic E-state index is 12.9. The maximum Gasteiger partial charge on any atom is 0.328 e. The van der Waals surface area contributed by atoms with Crippen LogP contribution in [0.15, 0.2) is 56.6 Å². The molecule has 0 fully saturated rings. The van der Waals surface area contributed by atoms with Crippen molar-refractivity contribution < 1.29 is 41.6 Å². The Hall–Kier alpha value is -3.72. The number of carbonyl (C=O) groups excluding carboxylic acids is 1. The van der Waals surface area contributed by atoms with E-state index >= 15 is 0 Å². The van der Waals surface area contributed by atoms with E-state index in [9.17, 15) is 31.5 Å². The van der Waals surface area contributed by atoms with E-state index in [-0.39, 0.29) is 28.3 Å². The molecule has 20 heteroatoms. The molecule has 16 nitrogen and oxygen atoms in total. The summed E-state index contributed by atoms with van der Waals surface area (Å²) in [5.41, 5.74) is 11.7. The molecule has 0 spiro atoms. The van der Waals surface area contributed by atoms with Gasteiger partial charge < -0.3 is 31.8 Å². The number of nitrogens with zero attached hydrogens (tertiary/aromatic N) is 2. The number of thioether (sulfide) groups is 1. The van der Waals surface area contributed by atoms with Gasteiger partial charge in [-0.2, -0.15) is 11.8 Å². The number of nitrogens with two attached hydrogens (primary N) is 2. The zero-order chi connectivity index (χ0) is 33.3. The van der Waals surface area contributed by atoms with Gasteiger partial charge in [-0.25, -0.2) is 36.1 Å². The molecule has 2 aromatic rings. The van der Waals surface area contributed by atoms with Crippen molar-refractivity contribution in [2.45, 2.75) is 35.8 Å². The second-order valence-corrected chi connectivity index (χ2v) is 14.3. The molecule has 0 amide bonds. The highest BCUT2D eigenvalue weighted by molar-refractivity contribution is 7.98. The number of sulfonamides is 2. The standard InChI is InChI=1S/C20H32N8O4S4.C4H4O4/c1-14(2)7-8-25-35(29,30)16-5-4-6-17(11-16)36(31,32)28-19(23-3)24-9-10-33-12-15-13-34-20(26-15)27-18(21)22;5-3(6)1-2-4(7)8/h4-6,11,13-14,25H,7-10,12H2,1-3H3,(H2,23,24,28)(H4,21,22,26,27);1-2H,(H,5,6)(H,7,8)/b;2-1+. The van der Waals surface area contributed by atoms with Gasteiger partial charge in [0.05, 0.1) is 15.8 Å². The van der Waals surface area contributed by atoms with Crippen molar-refractivity contribution in [3.05, 3.63) is 47.5 Å². The van der Waals surface area contributed by atoms with Crippen LogP contribution in [0.4, 0.5) is 5.13 Å². The Morgan fingerprint density at radius 1 is 1.16 bits per heavy atom. The molecule has 1 aromatic heterocycles. The van der Waals surface area contributed by atoms with Gasteiger partial charge in [0.2, 0.25) is 16.0 Å². The summed E-state index contributed by atoms with van der Waals surface area (Å²) >= 11 is 2.99. The molecule has 0 saturated carbocycles. The third kappa shape index (κ3) is 15.7. The third-order valence-electron chi connectivity index (χ3n) is 4.85. The largest absolute Gasteiger partial charge is 0.545 e. The number of benzene rings is 1. The normalized spacial score (nSPS) is 12.0. The van der Waals surface area contributed by atoms with Crippen LogP contribution in [0.5, 0.6) is 0 Å². The highest BCUT2D eigenvalue weighted by Crippen LogP contribution is 2.17. The molecule has 0 unspecified atom stereocenters. The van der Waals surface area contributed by atoms with E-state index in [1.807, 2.05) is 19.2 Å². The molecule has 44 heavy (non-hydrogen) atoms. The van der Waals surface area contributed by atoms with Gasteiger partial charge in [-0.1, -0.05) is 31.3 Å². The van der Waals surface area contributed by atoms with E-state index in [4.69, 9.17) is 16.6 Å². The lowest BCUT2D eigenvalue weighted by atomic mass is 10.1. The number of hydrogen-bond donors (Lipinski definition) is 7. The van der Waals surface area contributed by atoms with Gasteiger partial charge in [-0.15, -0.1) is 4.98 Å². The Morgan fingerprint density at radius 3 is 2.36 bits per heavy atom. The second kappa shape index (κ2) is 18.8. The minimum atomic E-state index is -4.06. The Morgan fingerprint density at radius 2 is 1.82 bits per heavy atom. The minimum Gasteiger partial charge on any atom is -0.545 e. The van der Waals surface area contributed by atoms with Gasteiger partial charge >= 0.3 is 11.9 Å². The summed E-state index contributed by atoms with van der Waals surface area (Å²) in [4.78, 5) is 29.7. The molecule has 0 bridgehead atoms. The number of carboxylic acids is 2. The molecule has 1 heterocycles. The summed E-state index contributed by atoms with van der Waals surface area (Å²) in [5.74, 6) is -1.04. The molecule has 0 aliphatic carbocycles. The molecule has 0 aliphatic rings. The summed E-state index contributed by atoms with van der Waals surface area (Å²) in [6, 6.07) is 5.19. The van der Waals surface area contributed by atoms with Gasteiger partial charge in [0.1, 0.15) is 5.69 Å². The van der Waals surface area contributed by atoms with Crippen LogP contribution in [0.2, 0.25) is 0 Å². The fraction of sp³-hybridized carbons (Fsp3) is 0.375. The first kappa shape index (κ1) is 38.3. The van der Waals surface area contributed by atoms with Crippen LogP contribution < -0.4 is 36.3 Å². The van der Waals surface area contributed by atoms with Crippen molar-refractivity contribution in [1.82, 2.24) is 19.7 Å². The predicted molar refractivity (Wildman–Crippen MR) is 167 cm³/mol. The lowest BCUT2D eigenvalue weighted by Gasteiger charge is -2.13. The number of guanidine groups is 2. The first-order valence-electron chi connectivity index (χ1n) is 12.7. The van der Waals surface area contributed by atoms with Crippen LogP contribution in [-0.2, 0) is 35.4 Å². The van der Waals surface area contributed by atoms with Gasteiger partial charge in [-0.3, -0.25) is 4.99 Å². The maximum absolute atomic E-state index is 12.9. The summed E-state index contributed by atoms with van der Waals surface area (Å²) in [5, 5.41) is 22.7. The van der Waals surface area contributed by atoms with Crippen molar-refractivity contribution in [3.63, 3.8) is 0 Å². The number of aromatic nitrogens is 1. The second-order valence-electron chi connectivity index (χ2n) is 8.93. The van der Waals surface area contributed by atoms with Crippen LogP contribution in [-0.4, -0.2) is 76.7 Å². The lowest BCUT2D eigenvalue weighted by molar-refractivity contribution is -0.355. The molecule has 9 N–H and O–H groups in total. The van der Waals surface area contributed by atoms with Crippen LogP contribution in [0, 0.1) is 5.92 Å². The number of carbonyl (C=O) groups is 2. The van der Waals surface area contributed by atoms with Crippen LogP contribution >= 0.6 is 23.1 Å². The predicted octanol–water partition coefficient (Wildman–Crippen LogP) is -2.38. The smallest absolute Gasteiger partial charge is 0.328 e. The van der Waals surface area contributed by atoms with Gasteiger partial charge in [0.15, 0.2) is 0 Å². The lowest BCUT2D eigenvalue weighted by Crippen LogP contribution is -2.72. The highest BCUT2D eigenvalue weighted by atomic mass is 32.2. The molecule has 0 radical (unpaired) electrons. The first-order chi connectivity index (χ1) is 20.6. The molecule has 244 valence electrons. The molecule has 2 rings (SSSR count). The van der Waals surface area contributed by atoms with Crippen molar-refractivity contribution in [2.75, 3.05) is 25.9 Å². The Bertz CT molecular complexity index is 1540. The summed E-state index contributed by atoms with van der Waals surface area (Å²) < 4.78 is 55.7. The van der Waals surface area contributed by atoms with Crippen molar-refractivity contribution >= 4 is 72.1 Å². The number of aliphatic imine (C=N–C) groups is 1. The number of nitrogens with one attached hydrogen (secondary N) is 4. The van der Waals surface area contributed by atoms with Crippen LogP contribution in [0.25, 0.3) is 0 Å². The highest BCUT2D eigenvalue weighted by Gasteiger charge is 2.21. The monoisotopic (exact) mass is 692 g/mol. The van der Waals surface area contributed by atoms with Crippen molar-refractivity contribution in [3.8, 4) is 0 Å². The Labute approximate surface area is 264 Å². The average Bonchev–Trinajstić information content (AvgIpc) is 3.37. The number of hydrogen-bond acceptors (Lipinski definition) is 11. The van der Waals surface area contributed by atoms with Crippen molar-refractivity contribution in [2.24, 2.45) is 22.4 Å². The molecule has 0 atom stereocenters. The summed E-state index contributed by atoms with van der Waals surface area (Å²) in [6.07, 6.45) is 1.61. The number of thiazole rings is 1. The van der Waals surface area contributed by atoms with Gasteiger partial charge in [0, 0.05) is 43.1 Å². The molecule has 0 aliphatic heterocycles. The fourth-order valence-corrected chi connectivity index (χ4v) is 6.66. The minimum absolute atomic E-state index is 0.0491. The quantitative estimate of drug-likeness (QED) is 0.0445. The van der Waals surface area contributed by atoms with E-state index < -0.39 is 32.0 Å². The molecule has 0 saturated heterocycles. The Kier molecular flexibility index (Phi) is 16.4. The van der Waals surface area contributed by atoms with E-state index in [1.54, 1.807) is 11.8 Å². The number of carboxylic acid groups (broad SMARTS) is 2. The van der Waals surface area contributed by atoms with E-state index in [2.05, 4.69) is 29.7 Å². The number of rotatable bonds is 15. The molecular formula is C24H36N8O8S4. The zero-order valence-electron chi connectivity index (χ0n) is 24.1. The van der Waals surface area contributed by atoms with Crippen LogP contribution in [0.3, 0.4) is 0 Å². The fourth-order valence-electron chi connectivity index (χ4n) is 2.83. The number of aliphatic carboxylic acids is 2. The van der Waals surface area contributed by atoms with Gasteiger partial charge in [0.25, 0.3) is 15.2 Å². The topological polar surface area (TPSA) is 273 Å². The van der Waals surface area contributed by atoms with E-state index in [1.165, 1.54) is 36.6 Å². The van der Waals surface area contributed by atoms with Crippen molar-refractivity contribution in [1.29, 1.82) is 0 Å². The van der Waals surface area contributed by atoms with E-state index in [0.717, 1.165) is 11.8 Å². The average molecular weight is 693 g/mol. The molecular weight excluding hydrogens is 657 g/mol. The van der Waals surface area contributed by atoms with Gasteiger partial charge in [-0.05, 0) is 36.6 Å². The first-order valence-corrected chi connectivity index (χ1v) is 17.7. The van der Waals surface area contributed by atoms with Crippen LogP contribution in [0.1, 0.15) is 26.0 Å². The van der Waals surface area contributed by atoms with E-state index in [0.29, 0.717) is 47.7 Å². The third-order valence-corrected chi connectivity index (χ3v) is 9.44. The Balaban J connectivity index is 0.00000106. The SMILES string of the molecule is CN=C(NCCSCc1csc([NH+]=C(N)N)n1)NS(=O)(=O)c1cccc(S(=O)(=O)NCCC(C)C)c1.O=C([O-])/C=C/C(=O)O. The molecule has 1 aromatic carbocycles.